The lowest BCUT2D eigenvalue weighted by Gasteiger charge is -2.27. The molecule has 1 aromatic rings. The fourth-order valence-corrected chi connectivity index (χ4v) is 3.99. The van der Waals surface area contributed by atoms with Crippen molar-refractivity contribution in [2.24, 2.45) is 0 Å². The molecule has 2 aliphatic heterocycles. The molecule has 92 valence electrons. The van der Waals surface area contributed by atoms with Gasteiger partial charge in [0.2, 0.25) is 0 Å². The molecule has 0 bridgehead atoms. The first-order valence-electron chi connectivity index (χ1n) is 6.53. The van der Waals surface area contributed by atoms with Crippen LogP contribution in [0.1, 0.15) is 18.1 Å². The first-order chi connectivity index (χ1) is 8.33. The van der Waals surface area contributed by atoms with Crippen LogP contribution in [0.25, 0.3) is 0 Å². The summed E-state index contributed by atoms with van der Waals surface area (Å²) in [5, 5.41) is 4.17. The van der Waals surface area contributed by atoms with Crippen molar-refractivity contribution < 1.29 is 0 Å². The number of benzene rings is 1. The summed E-state index contributed by atoms with van der Waals surface area (Å²) in [5.41, 5.74) is 3.11. The molecule has 1 atom stereocenters. The second-order valence-electron chi connectivity index (χ2n) is 5.06. The summed E-state index contributed by atoms with van der Waals surface area (Å²) in [7, 11) is 0. The molecule has 0 aliphatic carbocycles. The minimum absolute atomic E-state index is 0.758. The lowest BCUT2D eigenvalue weighted by atomic mass is 10.1. The SMILES string of the molecule is CC1Cc2cccc(CN3CCNCC3)c2S1. The van der Waals surface area contributed by atoms with Crippen molar-refractivity contribution >= 4 is 11.8 Å². The van der Waals surface area contributed by atoms with E-state index in [4.69, 9.17) is 0 Å². The summed E-state index contributed by atoms with van der Waals surface area (Å²) >= 11 is 2.06. The number of thioether (sulfide) groups is 1. The van der Waals surface area contributed by atoms with E-state index < -0.39 is 0 Å². The maximum atomic E-state index is 3.41. The Morgan fingerprint density at radius 1 is 1.35 bits per heavy atom. The molecule has 2 heterocycles. The number of fused-ring (bicyclic) bond motifs is 1. The van der Waals surface area contributed by atoms with E-state index in [1.54, 1.807) is 16.0 Å². The van der Waals surface area contributed by atoms with Crippen molar-refractivity contribution in [2.75, 3.05) is 26.2 Å². The Bertz CT molecular complexity index is 399. The number of nitrogens with one attached hydrogen (secondary N) is 1. The lowest BCUT2D eigenvalue weighted by Crippen LogP contribution is -2.42. The predicted octanol–water partition coefficient (Wildman–Crippen LogP) is 2.13. The fourth-order valence-electron chi connectivity index (χ4n) is 2.74. The highest BCUT2D eigenvalue weighted by molar-refractivity contribution is 8.00. The normalized spacial score (nSPS) is 24.9. The molecule has 17 heavy (non-hydrogen) atoms. The van der Waals surface area contributed by atoms with Crippen LogP contribution in [0.3, 0.4) is 0 Å². The second kappa shape index (κ2) is 5.01. The molecule has 3 rings (SSSR count). The molecule has 0 saturated carbocycles. The van der Waals surface area contributed by atoms with Crippen LogP contribution < -0.4 is 5.32 Å². The van der Waals surface area contributed by atoms with Gasteiger partial charge >= 0.3 is 0 Å². The molecule has 2 aliphatic rings. The summed E-state index contributed by atoms with van der Waals surface area (Å²) in [5.74, 6) is 0. The summed E-state index contributed by atoms with van der Waals surface area (Å²) < 4.78 is 0. The monoisotopic (exact) mass is 248 g/mol. The molecule has 3 heteroatoms. The summed E-state index contributed by atoms with van der Waals surface area (Å²) in [6, 6.07) is 6.84. The van der Waals surface area contributed by atoms with Crippen molar-refractivity contribution in [2.45, 2.75) is 30.0 Å². The third-order valence-corrected chi connectivity index (χ3v) is 4.94. The topological polar surface area (TPSA) is 15.3 Å². The molecule has 1 N–H and O–H groups in total. The Morgan fingerprint density at radius 2 is 2.18 bits per heavy atom. The second-order valence-corrected chi connectivity index (χ2v) is 6.51. The fraction of sp³-hybridized carbons (Fsp3) is 0.571. The minimum Gasteiger partial charge on any atom is -0.314 e. The number of piperazine rings is 1. The highest BCUT2D eigenvalue weighted by Crippen LogP contribution is 2.39. The van der Waals surface area contributed by atoms with Gasteiger partial charge in [-0.2, -0.15) is 0 Å². The van der Waals surface area contributed by atoms with E-state index in [1.807, 2.05) is 0 Å². The lowest BCUT2D eigenvalue weighted by molar-refractivity contribution is 0.231. The molecule has 1 unspecified atom stereocenters. The molecular weight excluding hydrogens is 228 g/mol. The van der Waals surface area contributed by atoms with Crippen LogP contribution in [-0.2, 0) is 13.0 Å². The molecule has 0 aromatic heterocycles. The van der Waals surface area contributed by atoms with Gasteiger partial charge in [0.15, 0.2) is 0 Å². The van der Waals surface area contributed by atoms with Gasteiger partial charge in [-0.1, -0.05) is 25.1 Å². The minimum atomic E-state index is 0.758. The van der Waals surface area contributed by atoms with Gasteiger partial charge in [0, 0.05) is 42.9 Å². The van der Waals surface area contributed by atoms with E-state index in [0.29, 0.717) is 0 Å². The maximum Gasteiger partial charge on any atom is 0.0246 e. The smallest absolute Gasteiger partial charge is 0.0246 e. The Balaban J connectivity index is 1.77. The standard InChI is InChI=1S/C14H20N2S/c1-11-9-12-3-2-4-13(14(12)17-11)10-16-7-5-15-6-8-16/h2-4,11,15H,5-10H2,1H3. The van der Waals surface area contributed by atoms with Gasteiger partial charge in [-0.25, -0.2) is 0 Å². The van der Waals surface area contributed by atoms with Crippen LogP contribution >= 0.6 is 11.8 Å². The molecule has 1 saturated heterocycles. The molecule has 0 amide bonds. The molecule has 0 spiro atoms. The van der Waals surface area contributed by atoms with Gasteiger partial charge in [0.05, 0.1) is 0 Å². The number of rotatable bonds is 2. The van der Waals surface area contributed by atoms with Crippen LogP contribution in [0.5, 0.6) is 0 Å². The predicted molar refractivity (Wildman–Crippen MR) is 73.6 cm³/mol. The van der Waals surface area contributed by atoms with Gasteiger partial charge in [-0.3, -0.25) is 4.90 Å². The average molecular weight is 248 g/mol. The zero-order valence-corrected chi connectivity index (χ0v) is 11.2. The Hall–Kier alpha value is -0.510. The van der Waals surface area contributed by atoms with Crippen molar-refractivity contribution in [1.29, 1.82) is 0 Å². The van der Waals surface area contributed by atoms with E-state index in [-0.39, 0.29) is 0 Å². The molecule has 1 fully saturated rings. The zero-order valence-electron chi connectivity index (χ0n) is 10.4. The first kappa shape index (κ1) is 11.6. The van der Waals surface area contributed by atoms with Gasteiger partial charge < -0.3 is 5.32 Å². The summed E-state index contributed by atoms with van der Waals surface area (Å²) in [4.78, 5) is 4.13. The van der Waals surface area contributed by atoms with Gasteiger partial charge in [0.1, 0.15) is 0 Å². The van der Waals surface area contributed by atoms with Crippen LogP contribution in [0, 0.1) is 0 Å². The zero-order chi connectivity index (χ0) is 11.7. The Kier molecular flexibility index (Phi) is 3.41. The summed E-state index contributed by atoms with van der Waals surface area (Å²) in [6.45, 7) is 8.11. The maximum absolute atomic E-state index is 3.41. The molecule has 0 radical (unpaired) electrons. The first-order valence-corrected chi connectivity index (χ1v) is 7.41. The van der Waals surface area contributed by atoms with E-state index in [9.17, 15) is 0 Å². The molecule has 1 aromatic carbocycles. The quantitative estimate of drug-likeness (QED) is 0.863. The van der Waals surface area contributed by atoms with E-state index in [1.165, 1.54) is 19.5 Å². The van der Waals surface area contributed by atoms with Crippen LogP contribution in [0.15, 0.2) is 23.1 Å². The number of nitrogens with zero attached hydrogens (tertiary/aromatic N) is 1. The van der Waals surface area contributed by atoms with Crippen molar-refractivity contribution in [3.05, 3.63) is 29.3 Å². The number of hydrogen-bond acceptors (Lipinski definition) is 3. The third kappa shape index (κ3) is 2.51. The van der Waals surface area contributed by atoms with Crippen LogP contribution in [0.2, 0.25) is 0 Å². The van der Waals surface area contributed by atoms with Gasteiger partial charge in [-0.15, -0.1) is 11.8 Å². The van der Waals surface area contributed by atoms with Crippen molar-refractivity contribution in [3.63, 3.8) is 0 Å². The largest absolute Gasteiger partial charge is 0.314 e. The van der Waals surface area contributed by atoms with Crippen molar-refractivity contribution in [3.8, 4) is 0 Å². The van der Waals surface area contributed by atoms with E-state index in [2.05, 4.69) is 47.1 Å². The average Bonchev–Trinajstić information content (AvgIpc) is 2.72. The van der Waals surface area contributed by atoms with Gasteiger partial charge in [-0.05, 0) is 17.5 Å². The summed E-state index contributed by atoms with van der Waals surface area (Å²) in [6.07, 6.45) is 1.25. The van der Waals surface area contributed by atoms with Crippen LogP contribution in [-0.4, -0.2) is 36.3 Å². The van der Waals surface area contributed by atoms with E-state index >= 15 is 0 Å². The van der Waals surface area contributed by atoms with Crippen LogP contribution in [0.4, 0.5) is 0 Å². The van der Waals surface area contributed by atoms with Crippen molar-refractivity contribution in [1.82, 2.24) is 10.2 Å². The number of hydrogen-bond donors (Lipinski definition) is 1. The molecular formula is C14H20N2S. The molecule has 2 nitrogen and oxygen atoms in total. The Morgan fingerprint density at radius 3 is 3.00 bits per heavy atom. The van der Waals surface area contributed by atoms with E-state index in [0.717, 1.165) is 24.9 Å². The Labute approximate surface area is 108 Å². The highest BCUT2D eigenvalue weighted by atomic mass is 32.2. The third-order valence-electron chi connectivity index (χ3n) is 3.61. The van der Waals surface area contributed by atoms with Gasteiger partial charge in [0.25, 0.3) is 0 Å². The highest BCUT2D eigenvalue weighted by Gasteiger charge is 2.22.